The number of unbranched alkanes of at least 4 members (excludes halogenated alkanes) is 16. The van der Waals surface area contributed by atoms with Gasteiger partial charge in [-0.3, -0.25) is 0 Å². The molecule has 0 fully saturated rings. The minimum absolute atomic E-state index is 0.255. The predicted molar refractivity (Wildman–Crippen MR) is 275 cm³/mol. The second-order valence-electron chi connectivity index (χ2n) is 17.7. The van der Waals surface area contributed by atoms with Crippen LogP contribution < -0.4 is 28.4 Å². The van der Waals surface area contributed by atoms with Crippen molar-refractivity contribution in [3.63, 3.8) is 0 Å². The summed E-state index contributed by atoms with van der Waals surface area (Å²) in [4.78, 5) is 52.0. The molecule has 6 aromatic carbocycles. The van der Waals surface area contributed by atoms with Gasteiger partial charge in [-0.05, 0) is 145 Å². The lowest BCUT2D eigenvalue weighted by atomic mass is 10.1. The maximum absolute atomic E-state index is 13.2. The zero-order valence-corrected chi connectivity index (χ0v) is 40.9. The Hall–Kier alpha value is -6.94. The second-order valence-corrected chi connectivity index (χ2v) is 17.7. The molecule has 0 heterocycles. The van der Waals surface area contributed by atoms with E-state index in [1.165, 1.54) is 114 Å². The van der Waals surface area contributed by atoms with E-state index >= 15 is 0 Å². The van der Waals surface area contributed by atoms with Gasteiger partial charge in [0, 0.05) is 0 Å². The zero-order chi connectivity index (χ0) is 49.2. The summed E-state index contributed by atoms with van der Waals surface area (Å²) >= 11 is 0. The summed E-state index contributed by atoms with van der Waals surface area (Å²) in [5.41, 5.74) is 1.30. The van der Waals surface area contributed by atoms with Crippen LogP contribution in [0.25, 0.3) is 10.8 Å². The van der Waals surface area contributed by atoms with Gasteiger partial charge in [-0.15, -0.1) is 0 Å². The summed E-state index contributed by atoms with van der Waals surface area (Å²) in [6.07, 6.45) is 22.5. The number of rotatable bonds is 30. The van der Waals surface area contributed by atoms with Gasteiger partial charge in [0.05, 0.1) is 35.5 Å². The molecule has 0 aliphatic carbocycles. The highest BCUT2D eigenvalue weighted by atomic mass is 16.5. The molecule has 10 nitrogen and oxygen atoms in total. The van der Waals surface area contributed by atoms with E-state index in [0.29, 0.717) is 47.0 Å². The van der Waals surface area contributed by atoms with Crippen LogP contribution in [-0.4, -0.2) is 37.1 Å². The number of benzene rings is 6. The van der Waals surface area contributed by atoms with Crippen molar-refractivity contribution < 1.29 is 47.6 Å². The van der Waals surface area contributed by atoms with E-state index in [4.69, 9.17) is 28.4 Å². The Bertz CT molecular complexity index is 2530. The van der Waals surface area contributed by atoms with Gasteiger partial charge in [-0.1, -0.05) is 129 Å². The monoisotopic (exact) mass is 948 g/mol. The van der Waals surface area contributed by atoms with E-state index < -0.39 is 23.9 Å². The Balaban J connectivity index is 0.903. The van der Waals surface area contributed by atoms with Gasteiger partial charge < -0.3 is 28.4 Å². The quantitative estimate of drug-likeness (QED) is 0.0245. The van der Waals surface area contributed by atoms with E-state index in [2.05, 4.69) is 13.8 Å². The molecule has 0 aliphatic heterocycles. The van der Waals surface area contributed by atoms with Gasteiger partial charge in [0.25, 0.3) is 0 Å². The molecule has 0 saturated carbocycles. The van der Waals surface area contributed by atoms with Crippen molar-refractivity contribution in [1.29, 1.82) is 0 Å². The van der Waals surface area contributed by atoms with Gasteiger partial charge >= 0.3 is 23.9 Å². The van der Waals surface area contributed by atoms with Crippen LogP contribution in [0.15, 0.2) is 133 Å². The van der Waals surface area contributed by atoms with Gasteiger partial charge in [0.2, 0.25) is 0 Å². The Morgan fingerprint density at radius 2 is 0.571 bits per heavy atom. The van der Waals surface area contributed by atoms with E-state index in [-0.39, 0.29) is 28.4 Å². The van der Waals surface area contributed by atoms with Crippen molar-refractivity contribution >= 4 is 34.6 Å². The Kier molecular flexibility index (Phi) is 21.9. The Labute approximate surface area is 413 Å². The summed E-state index contributed by atoms with van der Waals surface area (Å²) in [6.45, 7) is 5.76. The van der Waals surface area contributed by atoms with Crippen LogP contribution >= 0.6 is 0 Å². The molecular weight excluding hydrogens is 881 g/mol. The maximum Gasteiger partial charge on any atom is 0.343 e. The molecule has 10 heteroatoms. The highest BCUT2D eigenvalue weighted by Crippen LogP contribution is 2.26. The SMILES string of the molecule is CCCCCCCCCCCOc1ccc(C(=O)Oc2ccc(OC(=O)c3ccc4ccc(OC(=O)c5ccc(OC(=O)c6ccc(OCCCCCCCCCCC)cc6)cc5)cc4c3)cc2)cc1. The van der Waals surface area contributed by atoms with Crippen LogP contribution in [0.5, 0.6) is 34.5 Å². The van der Waals surface area contributed by atoms with Crippen molar-refractivity contribution in [3.05, 3.63) is 156 Å². The van der Waals surface area contributed by atoms with Crippen molar-refractivity contribution in [3.8, 4) is 34.5 Å². The second kappa shape index (κ2) is 29.2. The molecule has 0 amide bonds. The number of carbonyl (C=O) groups excluding carboxylic acids is 4. The van der Waals surface area contributed by atoms with Gasteiger partial charge in [-0.2, -0.15) is 0 Å². The van der Waals surface area contributed by atoms with Crippen LogP contribution in [0.2, 0.25) is 0 Å². The number of ether oxygens (including phenoxy) is 6. The summed E-state index contributed by atoms with van der Waals surface area (Å²) < 4.78 is 34.1. The fourth-order valence-corrected chi connectivity index (χ4v) is 7.89. The standard InChI is InChI=1S/C60H68O10/c1-3-5-7-9-11-13-15-17-19-41-65-51-30-24-46(25-31-51)57(61)67-53-34-28-48(29-35-53)59(63)70-56-36-23-45-21-22-49(43-50(45)44-56)60(64)69-55-39-37-54(38-40-55)68-58(62)47-26-32-52(33-27-47)66-42-20-18-16-14-12-10-8-6-4-2/h21-40,43-44H,3-20,41-42H2,1-2H3. The van der Waals surface area contributed by atoms with Crippen LogP contribution in [-0.2, 0) is 0 Å². The fourth-order valence-electron chi connectivity index (χ4n) is 7.89. The van der Waals surface area contributed by atoms with Crippen LogP contribution in [0.3, 0.4) is 0 Å². The number of carbonyl (C=O) groups is 4. The predicted octanol–water partition coefficient (Wildman–Crippen LogP) is 15.5. The molecule has 0 N–H and O–H groups in total. The van der Waals surface area contributed by atoms with E-state index in [1.807, 2.05) is 0 Å². The third-order valence-corrected chi connectivity index (χ3v) is 12.0. The van der Waals surface area contributed by atoms with Crippen molar-refractivity contribution in [2.75, 3.05) is 13.2 Å². The molecule has 70 heavy (non-hydrogen) atoms. The largest absolute Gasteiger partial charge is 0.494 e. The molecule has 0 bridgehead atoms. The van der Waals surface area contributed by atoms with Crippen molar-refractivity contribution in [2.45, 2.75) is 129 Å². The zero-order valence-electron chi connectivity index (χ0n) is 40.9. The minimum Gasteiger partial charge on any atom is -0.494 e. The first-order chi connectivity index (χ1) is 34.3. The molecule has 0 spiro atoms. The molecule has 0 saturated heterocycles. The first-order valence-corrected chi connectivity index (χ1v) is 25.4. The third-order valence-electron chi connectivity index (χ3n) is 12.0. The summed E-state index contributed by atoms with van der Waals surface area (Å²) in [6, 6.07) is 36.3. The molecule has 0 aromatic heterocycles. The first-order valence-electron chi connectivity index (χ1n) is 25.4. The fraction of sp³-hybridized carbons (Fsp3) is 0.367. The molecule has 0 atom stereocenters. The van der Waals surface area contributed by atoms with Gasteiger partial charge in [0.1, 0.15) is 34.5 Å². The highest BCUT2D eigenvalue weighted by molar-refractivity contribution is 5.98. The summed E-state index contributed by atoms with van der Waals surface area (Å²) in [5, 5.41) is 1.47. The number of fused-ring (bicyclic) bond motifs is 1. The number of hydrogen-bond donors (Lipinski definition) is 0. The van der Waals surface area contributed by atoms with E-state index in [0.717, 1.165) is 31.1 Å². The van der Waals surface area contributed by atoms with Crippen LogP contribution in [0, 0.1) is 0 Å². The number of hydrogen-bond acceptors (Lipinski definition) is 10. The smallest absolute Gasteiger partial charge is 0.343 e. The average Bonchev–Trinajstić information content (AvgIpc) is 3.38. The summed E-state index contributed by atoms with van der Waals surface area (Å²) in [7, 11) is 0. The van der Waals surface area contributed by atoms with E-state index in [1.54, 1.807) is 109 Å². The first kappa shape index (κ1) is 52.4. The summed E-state index contributed by atoms with van der Waals surface area (Å²) in [5.74, 6) is 0.276. The molecule has 0 radical (unpaired) electrons. The molecule has 6 rings (SSSR count). The van der Waals surface area contributed by atoms with Crippen LogP contribution in [0.4, 0.5) is 0 Å². The average molecular weight is 949 g/mol. The Morgan fingerprint density at radius 1 is 0.286 bits per heavy atom. The lowest BCUT2D eigenvalue weighted by Gasteiger charge is -2.09. The van der Waals surface area contributed by atoms with Crippen molar-refractivity contribution in [1.82, 2.24) is 0 Å². The molecule has 0 unspecified atom stereocenters. The maximum atomic E-state index is 13.2. The highest BCUT2D eigenvalue weighted by Gasteiger charge is 2.15. The third kappa shape index (κ3) is 17.9. The van der Waals surface area contributed by atoms with Gasteiger partial charge in [0.15, 0.2) is 0 Å². The van der Waals surface area contributed by atoms with E-state index in [9.17, 15) is 19.2 Å². The molecule has 368 valence electrons. The number of esters is 4. The molecule has 0 aliphatic rings. The van der Waals surface area contributed by atoms with Gasteiger partial charge in [-0.25, -0.2) is 19.2 Å². The lowest BCUT2D eigenvalue weighted by Crippen LogP contribution is -2.10. The lowest BCUT2D eigenvalue weighted by molar-refractivity contribution is 0.0719. The normalized spacial score (nSPS) is 10.9. The molecular formula is C60H68O10. The van der Waals surface area contributed by atoms with Crippen LogP contribution in [0.1, 0.15) is 171 Å². The molecule has 6 aromatic rings. The Morgan fingerprint density at radius 3 is 0.971 bits per heavy atom. The minimum atomic E-state index is -0.609. The van der Waals surface area contributed by atoms with Crippen molar-refractivity contribution in [2.24, 2.45) is 0 Å². The topological polar surface area (TPSA) is 124 Å².